The van der Waals surface area contributed by atoms with Crippen LogP contribution >= 0.6 is 0 Å². The number of ether oxygens (including phenoxy) is 2. The van der Waals surface area contributed by atoms with Crippen LogP contribution in [0.4, 0.5) is 0 Å². The van der Waals surface area contributed by atoms with Crippen LogP contribution in [0.1, 0.15) is 11.5 Å². The molecular weight excluding hydrogens is 256 g/mol. The average Bonchev–Trinajstić information content (AvgIpc) is 2.49. The highest BCUT2D eigenvalue weighted by Crippen LogP contribution is 2.17. The molecule has 0 aliphatic rings. The molecule has 20 heavy (non-hydrogen) atoms. The van der Waals surface area contributed by atoms with Crippen LogP contribution in [0, 0.1) is 11.3 Å². The Morgan fingerprint density at radius 3 is 2.20 bits per heavy atom. The van der Waals surface area contributed by atoms with E-state index in [9.17, 15) is 10.1 Å². The number of benzene rings is 1. The van der Waals surface area contributed by atoms with E-state index < -0.39 is 5.92 Å². The fourth-order valence-corrected chi connectivity index (χ4v) is 1.84. The summed E-state index contributed by atoms with van der Waals surface area (Å²) in [6, 6.07) is 11.2. The maximum atomic E-state index is 12.5. The molecule has 1 amide bonds. The lowest BCUT2D eigenvalue weighted by Crippen LogP contribution is -2.39. The lowest BCUT2D eigenvalue weighted by Gasteiger charge is -2.24. The number of nitrogens with zero attached hydrogens (tertiary/aromatic N) is 2. The number of hydrogen-bond acceptors (Lipinski definition) is 4. The maximum absolute atomic E-state index is 12.5. The second kappa shape index (κ2) is 9.08. The average molecular weight is 276 g/mol. The van der Waals surface area contributed by atoms with Gasteiger partial charge in [0.05, 0.1) is 19.3 Å². The molecule has 0 aromatic heterocycles. The van der Waals surface area contributed by atoms with Crippen molar-refractivity contribution in [1.29, 1.82) is 5.26 Å². The highest BCUT2D eigenvalue weighted by molar-refractivity contribution is 5.86. The van der Waals surface area contributed by atoms with Crippen LogP contribution in [0.2, 0.25) is 0 Å². The monoisotopic (exact) mass is 276 g/mol. The third kappa shape index (κ3) is 4.65. The van der Waals surface area contributed by atoms with E-state index in [0.29, 0.717) is 31.9 Å². The molecule has 0 radical (unpaired) electrons. The number of carbonyl (C=O) groups excluding carboxylic acids is 1. The van der Waals surface area contributed by atoms with E-state index in [1.165, 1.54) is 0 Å². The molecule has 1 aromatic carbocycles. The second-order valence-corrected chi connectivity index (χ2v) is 4.28. The standard InChI is InChI=1S/C15H20N2O3/c1-19-10-8-17(9-11-20-2)15(18)14(12-16)13-6-4-3-5-7-13/h3-7,14H,8-11H2,1-2H3. The van der Waals surface area contributed by atoms with Gasteiger partial charge in [0, 0.05) is 27.3 Å². The number of methoxy groups -OCH3 is 2. The molecule has 0 fully saturated rings. The molecule has 0 N–H and O–H groups in total. The summed E-state index contributed by atoms with van der Waals surface area (Å²) in [7, 11) is 3.16. The summed E-state index contributed by atoms with van der Waals surface area (Å²) < 4.78 is 10.0. The van der Waals surface area contributed by atoms with Gasteiger partial charge in [-0.2, -0.15) is 5.26 Å². The van der Waals surface area contributed by atoms with Crippen molar-refractivity contribution in [3.05, 3.63) is 35.9 Å². The number of carbonyl (C=O) groups is 1. The Balaban J connectivity index is 2.82. The Morgan fingerprint density at radius 1 is 1.20 bits per heavy atom. The summed E-state index contributed by atoms with van der Waals surface area (Å²) in [5, 5.41) is 9.29. The van der Waals surface area contributed by atoms with E-state index in [1.807, 2.05) is 18.2 Å². The van der Waals surface area contributed by atoms with E-state index in [4.69, 9.17) is 9.47 Å². The van der Waals surface area contributed by atoms with E-state index >= 15 is 0 Å². The van der Waals surface area contributed by atoms with E-state index in [2.05, 4.69) is 6.07 Å². The van der Waals surface area contributed by atoms with Gasteiger partial charge >= 0.3 is 0 Å². The predicted octanol–water partition coefficient (Wildman–Crippen LogP) is 1.42. The maximum Gasteiger partial charge on any atom is 0.244 e. The van der Waals surface area contributed by atoms with Gasteiger partial charge in [0.15, 0.2) is 0 Å². The van der Waals surface area contributed by atoms with Crippen LogP contribution < -0.4 is 0 Å². The Labute approximate surface area is 119 Å². The van der Waals surface area contributed by atoms with Gasteiger partial charge in [0.25, 0.3) is 0 Å². The predicted molar refractivity (Wildman–Crippen MR) is 75.1 cm³/mol. The first-order valence-corrected chi connectivity index (χ1v) is 6.45. The van der Waals surface area contributed by atoms with Crippen molar-refractivity contribution >= 4 is 5.91 Å². The van der Waals surface area contributed by atoms with E-state index in [0.717, 1.165) is 0 Å². The van der Waals surface area contributed by atoms with Gasteiger partial charge in [-0.3, -0.25) is 4.79 Å². The van der Waals surface area contributed by atoms with Gasteiger partial charge in [-0.25, -0.2) is 0 Å². The molecule has 0 aliphatic heterocycles. The normalized spacial score (nSPS) is 11.7. The molecule has 0 bridgehead atoms. The molecular formula is C15H20N2O3. The van der Waals surface area contributed by atoms with Crippen LogP contribution in [0.25, 0.3) is 0 Å². The van der Waals surface area contributed by atoms with Crippen LogP contribution in [-0.2, 0) is 14.3 Å². The SMILES string of the molecule is COCCN(CCOC)C(=O)C(C#N)c1ccccc1. The lowest BCUT2D eigenvalue weighted by atomic mass is 9.99. The van der Waals surface area contributed by atoms with Crippen molar-refractivity contribution in [3.8, 4) is 6.07 Å². The third-order valence-corrected chi connectivity index (χ3v) is 2.95. The fourth-order valence-electron chi connectivity index (χ4n) is 1.84. The highest BCUT2D eigenvalue weighted by atomic mass is 16.5. The summed E-state index contributed by atoms with van der Waals surface area (Å²) >= 11 is 0. The lowest BCUT2D eigenvalue weighted by molar-refractivity contribution is -0.132. The van der Waals surface area contributed by atoms with Gasteiger partial charge in [-0.15, -0.1) is 0 Å². The Kier molecular flexibility index (Phi) is 7.33. The first kappa shape index (κ1) is 16.2. The van der Waals surface area contributed by atoms with E-state index in [-0.39, 0.29) is 5.91 Å². The topological polar surface area (TPSA) is 62.6 Å². The Bertz CT molecular complexity index is 434. The number of amides is 1. The molecule has 5 heteroatoms. The fraction of sp³-hybridized carbons (Fsp3) is 0.467. The third-order valence-electron chi connectivity index (χ3n) is 2.95. The van der Waals surface area contributed by atoms with Crippen LogP contribution in [0.15, 0.2) is 30.3 Å². The molecule has 5 nitrogen and oxygen atoms in total. The molecule has 1 atom stereocenters. The van der Waals surface area contributed by atoms with Crippen molar-refractivity contribution in [2.24, 2.45) is 0 Å². The zero-order valence-corrected chi connectivity index (χ0v) is 11.9. The van der Waals surface area contributed by atoms with Crippen LogP contribution in [0.5, 0.6) is 0 Å². The van der Waals surface area contributed by atoms with Crippen molar-refractivity contribution < 1.29 is 14.3 Å². The van der Waals surface area contributed by atoms with Gasteiger partial charge in [0.1, 0.15) is 5.92 Å². The summed E-state index contributed by atoms with van der Waals surface area (Å²) in [4.78, 5) is 14.1. The van der Waals surface area contributed by atoms with Gasteiger partial charge < -0.3 is 14.4 Å². The smallest absolute Gasteiger partial charge is 0.244 e. The molecule has 0 saturated heterocycles. The van der Waals surface area contributed by atoms with Crippen molar-refractivity contribution in [3.63, 3.8) is 0 Å². The minimum atomic E-state index is -0.787. The van der Waals surface area contributed by atoms with Gasteiger partial charge in [-0.05, 0) is 5.56 Å². The minimum Gasteiger partial charge on any atom is -0.383 e. The first-order valence-electron chi connectivity index (χ1n) is 6.45. The van der Waals surface area contributed by atoms with Crippen molar-refractivity contribution in [2.75, 3.05) is 40.5 Å². The molecule has 1 aromatic rings. The molecule has 1 unspecified atom stereocenters. The summed E-state index contributed by atoms with van der Waals surface area (Å²) in [5.74, 6) is -1.00. The molecule has 108 valence electrons. The second-order valence-electron chi connectivity index (χ2n) is 4.28. The molecule has 1 rings (SSSR count). The van der Waals surface area contributed by atoms with E-state index in [1.54, 1.807) is 31.3 Å². The van der Waals surface area contributed by atoms with Gasteiger partial charge in [0.2, 0.25) is 5.91 Å². The largest absolute Gasteiger partial charge is 0.383 e. The molecule has 0 heterocycles. The Hall–Kier alpha value is -1.90. The zero-order valence-electron chi connectivity index (χ0n) is 11.9. The summed E-state index contributed by atoms with van der Waals surface area (Å²) in [6.07, 6.45) is 0. The minimum absolute atomic E-state index is 0.215. The molecule has 0 spiro atoms. The van der Waals surface area contributed by atoms with Crippen LogP contribution in [-0.4, -0.2) is 51.3 Å². The van der Waals surface area contributed by atoms with Gasteiger partial charge in [-0.1, -0.05) is 30.3 Å². The number of nitriles is 1. The number of hydrogen-bond donors (Lipinski definition) is 0. The summed E-state index contributed by atoms with van der Waals surface area (Å²) in [5.41, 5.74) is 0.708. The zero-order chi connectivity index (χ0) is 14.8. The first-order chi connectivity index (χ1) is 9.74. The number of rotatable bonds is 8. The molecule has 0 aliphatic carbocycles. The highest BCUT2D eigenvalue weighted by Gasteiger charge is 2.25. The van der Waals surface area contributed by atoms with Crippen LogP contribution in [0.3, 0.4) is 0 Å². The quantitative estimate of drug-likeness (QED) is 0.720. The summed E-state index contributed by atoms with van der Waals surface area (Å²) in [6.45, 7) is 1.76. The molecule has 0 saturated carbocycles. The van der Waals surface area contributed by atoms with Crippen molar-refractivity contribution in [1.82, 2.24) is 4.90 Å². The van der Waals surface area contributed by atoms with Crippen molar-refractivity contribution in [2.45, 2.75) is 5.92 Å². The Morgan fingerprint density at radius 2 is 1.75 bits per heavy atom.